The monoisotopic (exact) mass is 364 g/mol. The number of hydrogen-bond donors (Lipinski definition) is 2. The van der Waals surface area contributed by atoms with Crippen LogP contribution in [-0.4, -0.2) is 23.6 Å². The van der Waals surface area contributed by atoms with Gasteiger partial charge in [-0.1, -0.05) is 0 Å². The number of nitrogen functional groups attached to an aromatic ring is 1. The Morgan fingerprint density at radius 2 is 2.11 bits per heavy atom. The summed E-state index contributed by atoms with van der Waals surface area (Å²) in [5, 5.41) is 12.0. The lowest BCUT2D eigenvalue weighted by molar-refractivity contribution is 0.0593. The molecule has 0 saturated carbocycles. The minimum absolute atomic E-state index is 0.0530. The number of nitriles is 1. The quantitative estimate of drug-likeness (QED) is 0.686. The lowest BCUT2D eigenvalue weighted by Crippen LogP contribution is -2.13. The summed E-state index contributed by atoms with van der Waals surface area (Å²) in [6.45, 7) is 1.80. The molecular weight excluding hydrogens is 348 g/mol. The second-order valence-electron chi connectivity index (χ2n) is 5.71. The van der Waals surface area contributed by atoms with Gasteiger partial charge in [-0.05, 0) is 42.8 Å². The van der Waals surface area contributed by atoms with E-state index in [0.717, 1.165) is 5.56 Å². The summed E-state index contributed by atoms with van der Waals surface area (Å²) in [6, 6.07) is 10.3. The van der Waals surface area contributed by atoms with Gasteiger partial charge in [-0.15, -0.1) is 0 Å². The third-order valence-corrected chi connectivity index (χ3v) is 4.02. The van der Waals surface area contributed by atoms with Gasteiger partial charge in [-0.2, -0.15) is 5.26 Å². The van der Waals surface area contributed by atoms with Gasteiger partial charge in [-0.25, -0.2) is 4.79 Å². The zero-order valence-electron chi connectivity index (χ0n) is 14.6. The van der Waals surface area contributed by atoms with Gasteiger partial charge in [0, 0.05) is 17.6 Å². The summed E-state index contributed by atoms with van der Waals surface area (Å²) in [6.07, 6.45) is 2.89. The summed E-state index contributed by atoms with van der Waals surface area (Å²) < 4.78 is 11.3. The molecule has 136 valence electrons. The zero-order chi connectivity index (χ0) is 19.6. The van der Waals surface area contributed by atoms with Crippen LogP contribution >= 0.6 is 0 Å². The zero-order valence-corrected chi connectivity index (χ0v) is 14.6. The standard InChI is InChI=1S/C19H16N4O4/c1-11-8-13(5-6-14(11)22-18(24)15-4-3-7-27-15)23-10-12(9-20)16(21)17(23)19(25)26-2/h3-8,10H,21H2,1-2H3,(H,22,24). The molecule has 1 amide bonds. The fourth-order valence-electron chi connectivity index (χ4n) is 2.65. The topological polar surface area (TPSA) is 123 Å². The smallest absolute Gasteiger partial charge is 0.357 e. The number of rotatable bonds is 4. The number of ether oxygens (including phenoxy) is 1. The highest BCUT2D eigenvalue weighted by atomic mass is 16.5. The SMILES string of the molecule is COC(=O)c1c(N)c(C#N)cn1-c1ccc(NC(=O)c2ccco2)c(C)c1. The highest BCUT2D eigenvalue weighted by molar-refractivity contribution is 6.02. The molecule has 0 bridgehead atoms. The fourth-order valence-corrected chi connectivity index (χ4v) is 2.65. The molecule has 3 N–H and O–H groups in total. The number of methoxy groups -OCH3 is 1. The van der Waals surface area contributed by atoms with Gasteiger partial charge in [0.05, 0.1) is 24.6 Å². The van der Waals surface area contributed by atoms with Crippen LogP contribution in [0.3, 0.4) is 0 Å². The molecule has 0 spiro atoms. The van der Waals surface area contributed by atoms with Crippen molar-refractivity contribution in [3.05, 3.63) is 65.4 Å². The Labute approximate surface area is 154 Å². The molecule has 2 heterocycles. The lowest BCUT2D eigenvalue weighted by atomic mass is 10.1. The average molecular weight is 364 g/mol. The van der Waals surface area contributed by atoms with E-state index in [0.29, 0.717) is 11.4 Å². The second kappa shape index (κ2) is 7.09. The molecule has 0 saturated heterocycles. The van der Waals surface area contributed by atoms with Crippen molar-refractivity contribution in [2.24, 2.45) is 0 Å². The first-order valence-electron chi connectivity index (χ1n) is 7.91. The van der Waals surface area contributed by atoms with Crippen LogP contribution < -0.4 is 11.1 Å². The van der Waals surface area contributed by atoms with Gasteiger partial charge in [0.25, 0.3) is 5.91 Å². The van der Waals surface area contributed by atoms with Crippen LogP contribution in [0.1, 0.15) is 32.2 Å². The number of nitrogens with two attached hydrogens (primary N) is 1. The van der Waals surface area contributed by atoms with E-state index in [2.05, 4.69) is 5.32 Å². The molecule has 0 aliphatic rings. The normalized spacial score (nSPS) is 10.3. The molecule has 0 atom stereocenters. The highest BCUT2D eigenvalue weighted by Crippen LogP contribution is 2.27. The van der Waals surface area contributed by atoms with Crippen molar-refractivity contribution in [1.82, 2.24) is 4.57 Å². The summed E-state index contributed by atoms with van der Waals surface area (Å²) in [5.74, 6) is -0.826. The lowest BCUT2D eigenvalue weighted by Gasteiger charge is -2.12. The first kappa shape index (κ1) is 17.8. The number of nitrogens with zero attached hydrogens (tertiary/aromatic N) is 2. The predicted molar refractivity (Wildman–Crippen MR) is 97.6 cm³/mol. The molecule has 0 unspecified atom stereocenters. The van der Waals surface area contributed by atoms with Crippen LogP contribution in [0.5, 0.6) is 0 Å². The maximum atomic E-state index is 12.1. The van der Waals surface area contributed by atoms with Crippen molar-refractivity contribution in [3.63, 3.8) is 0 Å². The summed E-state index contributed by atoms with van der Waals surface area (Å²) in [5.41, 5.74) is 8.12. The molecule has 27 heavy (non-hydrogen) atoms. The number of furan rings is 1. The van der Waals surface area contributed by atoms with Crippen LogP contribution in [0.15, 0.2) is 47.2 Å². The molecule has 0 fully saturated rings. The summed E-state index contributed by atoms with van der Waals surface area (Å²) in [4.78, 5) is 24.2. The Kier molecular flexibility index (Phi) is 4.68. The molecule has 8 nitrogen and oxygen atoms in total. The van der Waals surface area contributed by atoms with Crippen molar-refractivity contribution >= 4 is 23.3 Å². The number of aromatic nitrogens is 1. The van der Waals surface area contributed by atoms with Crippen molar-refractivity contribution in [2.75, 3.05) is 18.2 Å². The highest BCUT2D eigenvalue weighted by Gasteiger charge is 2.22. The van der Waals surface area contributed by atoms with E-state index in [-0.39, 0.29) is 28.6 Å². The Balaban J connectivity index is 1.98. The maximum absolute atomic E-state index is 12.1. The van der Waals surface area contributed by atoms with Crippen LogP contribution in [0, 0.1) is 18.3 Å². The Morgan fingerprint density at radius 1 is 1.33 bits per heavy atom. The second-order valence-corrected chi connectivity index (χ2v) is 5.71. The van der Waals surface area contributed by atoms with Crippen LogP contribution in [0.4, 0.5) is 11.4 Å². The number of amides is 1. The van der Waals surface area contributed by atoms with E-state index >= 15 is 0 Å². The molecule has 1 aromatic carbocycles. The van der Waals surface area contributed by atoms with Gasteiger partial charge in [0.2, 0.25) is 0 Å². The van der Waals surface area contributed by atoms with E-state index in [4.69, 9.17) is 14.9 Å². The molecule has 0 radical (unpaired) electrons. The number of carbonyl (C=O) groups excluding carboxylic acids is 2. The Hall–Kier alpha value is -3.99. The van der Waals surface area contributed by atoms with Crippen LogP contribution in [-0.2, 0) is 4.74 Å². The van der Waals surface area contributed by atoms with E-state index in [1.165, 1.54) is 24.1 Å². The van der Waals surface area contributed by atoms with Crippen molar-refractivity contribution in [3.8, 4) is 11.8 Å². The van der Waals surface area contributed by atoms with Gasteiger partial charge in [0.15, 0.2) is 11.5 Å². The first-order chi connectivity index (χ1) is 13.0. The largest absolute Gasteiger partial charge is 0.464 e. The minimum atomic E-state index is -0.651. The van der Waals surface area contributed by atoms with Gasteiger partial charge in [-0.3, -0.25) is 4.79 Å². The first-order valence-corrected chi connectivity index (χ1v) is 7.91. The summed E-state index contributed by atoms with van der Waals surface area (Å²) >= 11 is 0. The summed E-state index contributed by atoms with van der Waals surface area (Å²) in [7, 11) is 1.24. The number of carbonyl (C=O) groups is 2. The van der Waals surface area contributed by atoms with Crippen molar-refractivity contribution in [2.45, 2.75) is 6.92 Å². The number of benzene rings is 1. The number of esters is 1. The van der Waals surface area contributed by atoms with Crippen LogP contribution in [0.25, 0.3) is 5.69 Å². The van der Waals surface area contributed by atoms with Crippen molar-refractivity contribution < 1.29 is 18.7 Å². The molecule has 0 aliphatic heterocycles. The molecule has 2 aromatic heterocycles. The molecule has 3 rings (SSSR count). The molecule has 0 aliphatic carbocycles. The van der Waals surface area contributed by atoms with Crippen molar-refractivity contribution in [1.29, 1.82) is 5.26 Å². The maximum Gasteiger partial charge on any atom is 0.357 e. The average Bonchev–Trinajstić information content (AvgIpc) is 3.30. The Morgan fingerprint density at radius 3 is 2.70 bits per heavy atom. The van der Waals surface area contributed by atoms with Crippen LogP contribution in [0.2, 0.25) is 0 Å². The van der Waals surface area contributed by atoms with E-state index in [1.807, 2.05) is 6.07 Å². The Bertz CT molecular complexity index is 1060. The molecular formula is C19H16N4O4. The van der Waals surface area contributed by atoms with E-state index in [1.54, 1.807) is 37.3 Å². The molecule has 8 heteroatoms. The predicted octanol–water partition coefficient (Wildman–Crippen LogP) is 2.87. The fraction of sp³-hybridized carbons (Fsp3) is 0.105. The number of anilines is 2. The number of aryl methyl sites for hydroxylation is 1. The molecule has 3 aromatic rings. The van der Waals surface area contributed by atoms with E-state index in [9.17, 15) is 14.9 Å². The number of nitrogens with one attached hydrogen (secondary N) is 1. The van der Waals surface area contributed by atoms with Gasteiger partial charge >= 0.3 is 5.97 Å². The minimum Gasteiger partial charge on any atom is -0.464 e. The van der Waals surface area contributed by atoms with Gasteiger partial charge < -0.3 is 24.8 Å². The third-order valence-electron chi connectivity index (χ3n) is 4.02. The number of hydrogen-bond acceptors (Lipinski definition) is 6. The van der Waals surface area contributed by atoms with E-state index < -0.39 is 5.97 Å². The third kappa shape index (κ3) is 3.26. The van der Waals surface area contributed by atoms with Gasteiger partial charge in [0.1, 0.15) is 6.07 Å².